The van der Waals surface area contributed by atoms with Gasteiger partial charge in [-0.05, 0) is 45.2 Å². The van der Waals surface area contributed by atoms with Crippen LogP contribution in [0, 0.1) is 5.92 Å². The van der Waals surface area contributed by atoms with Crippen molar-refractivity contribution in [2.24, 2.45) is 5.92 Å². The smallest absolute Gasteiger partial charge is 0.317 e. The summed E-state index contributed by atoms with van der Waals surface area (Å²) >= 11 is 1.60. The van der Waals surface area contributed by atoms with Crippen molar-refractivity contribution in [1.82, 2.24) is 15.5 Å². The zero-order valence-electron chi connectivity index (χ0n) is 16.7. The Morgan fingerprint density at radius 2 is 1.75 bits per heavy atom. The lowest BCUT2D eigenvalue weighted by molar-refractivity contribution is -0.140. The van der Waals surface area contributed by atoms with E-state index in [9.17, 15) is 19.2 Å². The summed E-state index contributed by atoms with van der Waals surface area (Å²) in [6.07, 6.45) is 3.18. The van der Waals surface area contributed by atoms with E-state index in [0.717, 1.165) is 5.75 Å². The van der Waals surface area contributed by atoms with E-state index >= 15 is 0 Å². The van der Waals surface area contributed by atoms with Gasteiger partial charge in [-0.1, -0.05) is 0 Å². The van der Waals surface area contributed by atoms with Crippen LogP contribution in [0.25, 0.3) is 0 Å². The van der Waals surface area contributed by atoms with Crippen LogP contribution in [0.3, 0.4) is 0 Å². The van der Waals surface area contributed by atoms with Crippen molar-refractivity contribution in [3.63, 3.8) is 0 Å². The topological polar surface area (TPSA) is 136 Å². The second-order valence-electron chi connectivity index (χ2n) is 6.65. The maximum atomic E-state index is 12.0. The number of Topliss-reactive ketones (excluding diaryl/α,β-unsaturated/α-hetero) is 1. The lowest BCUT2D eigenvalue weighted by Crippen LogP contribution is -2.37. The molecule has 10 heteroatoms. The number of ketones is 1. The number of carbonyl (C=O) groups is 4. The maximum Gasteiger partial charge on any atom is 0.317 e. The first-order chi connectivity index (χ1) is 13.3. The average Bonchev–Trinajstić information content (AvgIpc) is 2.59. The number of carbonyl (C=O) groups excluding carboxylic acids is 2. The van der Waals surface area contributed by atoms with Crippen molar-refractivity contribution in [1.29, 1.82) is 0 Å². The molecule has 1 unspecified atom stereocenters. The number of nitrogens with zero attached hydrogens (tertiary/aromatic N) is 1. The molecule has 0 radical (unpaired) electrons. The first-order valence-corrected chi connectivity index (χ1v) is 10.8. The first-order valence-electron chi connectivity index (χ1n) is 9.36. The summed E-state index contributed by atoms with van der Waals surface area (Å²) in [7, 11) is 1.79. The second kappa shape index (κ2) is 16.3. The van der Waals surface area contributed by atoms with E-state index in [1.54, 1.807) is 18.8 Å². The monoisotopic (exact) mass is 419 g/mol. The van der Waals surface area contributed by atoms with Gasteiger partial charge in [0, 0.05) is 31.6 Å². The molecule has 1 amide bonds. The number of carboxylic acid groups (broad SMARTS) is 2. The highest BCUT2D eigenvalue weighted by atomic mass is 32.2. The Labute approximate surface area is 170 Å². The number of carboxylic acids is 2. The summed E-state index contributed by atoms with van der Waals surface area (Å²) in [4.78, 5) is 47.7. The maximum absolute atomic E-state index is 12.0. The Hall–Kier alpha value is -1.65. The Kier molecular flexibility index (Phi) is 15.4. The van der Waals surface area contributed by atoms with Crippen LogP contribution in [0.5, 0.6) is 0 Å². The van der Waals surface area contributed by atoms with Crippen molar-refractivity contribution in [2.75, 3.05) is 51.8 Å². The molecule has 0 saturated carbocycles. The summed E-state index contributed by atoms with van der Waals surface area (Å²) in [5.74, 6) is -1.96. The van der Waals surface area contributed by atoms with Crippen molar-refractivity contribution in [3.05, 3.63) is 0 Å². The minimum absolute atomic E-state index is 0.00965. The Morgan fingerprint density at radius 3 is 2.32 bits per heavy atom. The van der Waals surface area contributed by atoms with E-state index in [1.165, 1.54) is 4.90 Å². The van der Waals surface area contributed by atoms with Crippen molar-refractivity contribution >= 4 is 35.4 Å². The molecule has 9 nitrogen and oxygen atoms in total. The molecule has 0 aromatic heterocycles. The summed E-state index contributed by atoms with van der Waals surface area (Å²) in [6.45, 7) is 1.19. The molecule has 0 aromatic rings. The van der Waals surface area contributed by atoms with Gasteiger partial charge in [0.25, 0.3) is 0 Å². The SMILES string of the molecule is CNCCCC(=O)CN(CCC(CC(=O)O)CC(=O)NCCSC)CC(=O)O. The molecule has 0 aliphatic heterocycles. The van der Waals surface area contributed by atoms with Gasteiger partial charge in [0.2, 0.25) is 5.91 Å². The van der Waals surface area contributed by atoms with Crippen LogP contribution < -0.4 is 10.6 Å². The number of hydrogen-bond donors (Lipinski definition) is 4. The first kappa shape index (κ1) is 26.4. The quantitative estimate of drug-likeness (QED) is 0.231. The van der Waals surface area contributed by atoms with Gasteiger partial charge in [0.15, 0.2) is 0 Å². The van der Waals surface area contributed by atoms with E-state index in [-0.39, 0.29) is 44.2 Å². The zero-order chi connectivity index (χ0) is 21.4. The molecule has 4 N–H and O–H groups in total. The standard InChI is InChI=1S/C18H33N3O6S/c1-19-6-3-4-15(22)12-21(13-18(26)27)8-5-14(11-17(24)25)10-16(23)20-7-9-28-2/h14,19H,3-13H2,1-2H3,(H,20,23)(H,24,25)(H,26,27). The molecule has 162 valence electrons. The highest BCUT2D eigenvalue weighted by Crippen LogP contribution is 2.15. The van der Waals surface area contributed by atoms with Crippen LogP contribution in [0.15, 0.2) is 0 Å². The fourth-order valence-electron chi connectivity index (χ4n) is 2.71. The van der Waals surface area contributed by atoms with Crippen molar-refractivity contribution in [2.45, 2.75) is 32.1 Å². The normalized spacial score (nSPS) is 12.0. The molecule has 0 saturated heterocycles. The molecule has 28 heavy (non-hydrogen) atoms. The summed E-state index contributed by atoms with van der Waals surface area (Å²) in [5, 5.41) is 23.8. The van der Waals surface area contributed by atoms with E-state index in [2.05, 4.69) is 10.6 Å². The van der Waals surface area contributed by atoms with Gasteiger partial charge in [-0.2, -0.15) is 11.8 Å². The van der Waals surface area contributed by atoms with E-state index in [1.807, 2.05) is 6.26 Å². The Morgan fingerprint density at radius 1 is 1.04 bits per heavy atom. The lowest BCUT2D eigenvalue weighted by atomic mass is 9.96. The summed E-state index contributed by atoms with van der Waals surface area (Å²) in [5.41, 5.74) is 0. The molecule has 0 aromatic carbocycles. The minimum atomic E-state index is -1.05. The molecular weight excluding hydrogens is 386 g/mol. The third kappa shape index (κ3) is 15.4. The van der Waals surface area contributed by atoms with Crippen LogP contribution >= 0.6 is 11.8 Å². The van der Waals surface area contributed by atoms with E-state index in [0.29, 0.717) is 32.4 Å². The third-order valence-electron chi connectivity index (χ3n) is 4.06. The summed E-state index contributed by atoms with van der Waals surface area (Å²) < 4.78 is 0. The summed E-state index contributed by atoms with van der Waals surface area (Å²) in [6, 6.07) is 0. The number of rotatable bonds is 18. The zero-order valence-corrected chi connectivity index (χ0v) is 17.6. The molecule has 0 bridgehead atoms. The average molecular weight is 420 g/mol. The van der Waals surface area contributed by atoms with Crippen LogP contribution in [0.2, 0.25) is 0 Å². The minimum Gasteiger partial charge on any atom is -0.481 e. The highest BCUT2D eigenvalue weighted by Gasteiger charge is 2.20. The number of amides is 1. The molecule has 0 rings (SSSR count). The van der Waals surface area contributed by atoms with Gasteiger partial charge >= 0.3 is 11.9 Å². The van der Waals surface area contributed by atoms with Crippen LogP contribution in [-0.2, 0) is 19.2 Å². The lowest BCUT2D eigenvalue weighted by Gasteiger charge is -2.22. The van der Waals surface area contributed by atoms with Gasteiger partial charge < -0.3 is 20.8 Å². The van der Waals surface area contributed by atoms with E-state index < -0.39 is 17.9 Å². The number of aliphatic carboxylic acids is 2. The fraction of sp³-hybridized carbons (Fsp3) is 0.778. The molecule has 0 spiro atoms. The second-order valence-corrected chi connectivity index (χ2v) is 7.64. The highest BCUT2D eigenvalue weighted by molar-refractivity contribution is 7.98. The van der Waals surface area contributed by atoms with Gasteiger partial charge in [0.05, 0.1) is 13.1 Å². The van der Waals surface area contributed by atoms with Crippen LogP contribution in [-0.4, -0.2) is 90.5 Å². The van der Waals surface area contributed by atoms with E-state index in [4.69, 9.17) is 10.2 Å². The predicted molar refractivity (Wildman–Crippen MR) is 109 cm³/mol. The van der Waals surface area contributed by atoms with Gasteiger partial charge in [-0.15, -0.1) is 0 Å². The van der Waals surface area contributed by atoms with Gasteiger partial charge in [-0.3, -0.25) is 24.1 Å². The number of nitrogens with one attached hydrogen (secondary N) is 2. The largest absolute Gasteiger partial charge is 0.481 e. The van der Waals surface area contributed by atoms with Crippen LogP contribution in [0.4, 0.5) is 0 Å². The Balaban J connectivity index is 4.67. The number of thioether (sulfide) groups is 1. The molecular formula is C18H33N3O6S. The molecule has 1 atom stereocenters. The predicted octanol–water partition coefficient (Wildman–Crippen LogP) is 0.292. The van der Waals surface area contributed by atoms with Gasteiger partial charge in [0.1, 0.15) is 5.78 Å². The number of hydrogen-bond acceptors (Lipinski definition) is 7. The van der Waals surface area contributed by atoms with Crippen LogP contribution in [0.1, 0.15) is 32.1 Å². The third-order valence-corrected chi connectivity index (χ3v) is 4.67. The van der Waals surface area contributed by atoms with Gasteiger partial charge in [-0.25, -0.2) is 0 Å². The van der Waals surface area contributed by atoms with Crippen molar-refractivity contribution < 1.29 is 29.4 Å². The molecule has 0 fully saturated rings. The molecule has 0 heterocycles. The fourth-order valence-corrected chi connectivity index (χ4v) is 3.02. The van der Waals surface area contributed by atoms with Crippen molar-refractivity contribution in [3.8, 4) is 0 Å². The molecule has 0 aliphatic rings. The molecule has 0 aliphatic carbocycles. The Bertz CT molecular complexity index is 460.